The van der Waals surface area contributed by atoms with Gasteiger partial charge in [-0.05, 0) is 123 Å². The number of carbonyl (C=O) groups is 4. The molecule has 402 valence electrons. The molecule has 2 aromatic carbocycles. The molecule has 2 atom stereocenters. The van der Waals surface area contributed by atoms with E-state index in [1.54, 1.807) is 25.1 Å². The van der Waals surface area contributed by atoms with Gasteiger partial charge in [-0.25, -0.2) is 12.7 Å². The molecule has 11 rings (SSSR count). The van der Waals surface area contributed by atoms with E-state index in [0.717, 1.165) is 91.0 Å². The summed E-state index contributed by atoms with van der Waals surface area (Å²) in [4.78, 5) is 67.9. The minimum absolute atomic E-state index is 0.0497. The highest BCUT2D eigenvalue weighted by atomic mass is 35.5. The lowest BCUT2D eigenvalue weighted by atomic mass is 9.73. The molecule has 5 N–H and O–H groups in total. The van der Waals surface area contributed by atoms with Gasteiger partial charge in [0.25, 0.3) is 10.9 Å². The summed E-state index contributed by atoms with van der Waals surface area (Å²) < 4.78 is 47.3. The van der Waals surface area contributed by atoms with E-state index in [2.05, 4.69) is 24.5 Å². The number of nitrogens with zero attached hydrogens (tertiary/aromatic N) is 1. The summed E-state index contributed by atoms with van der Waals surface area (Å²) in [6, 6.07) is 10.0. The quantitative estimate of drug-likeness (QED) is 0.0892. The third kappa shape index (κ3) is 12.0. The van der Waals surface area contributed by atoms with Gasteiger partial charge in [-0.1, -0.05) is 53.1 Å². The van der Waals surface area contributed by atoms with Crippen LogP contribution < -0.4 is 27.2 Å². The molecule has 0 bridgehead atoms. The van der Waals surface area contributed by atoms with E-state index >= 15 is 0 Å². The van der Waals surface area contributed by atoms with Crippen LogP contribution in [-0.4, -0.2) is 55.1 Å². The molecule has 75 heavy (non-hydrogen) atoms. The topological polar surface area (TPSA) is 263 Å². The number of aromatic hydroxyl groups is 1. The Bertz CT molecular complexity index is 3250. The Morgan fingerprint density at radius 1 is 0.613 bits per heavy atom. The fourth-order valence-electron chi connectivity index (χ4n) is 9.60. The molecule has 1 saturated carbocycles. The maximum atomic E-state index is 12.6. The summed E-state index contributed by atoms with van der Waals surface area (Å²) in [5, 5.41) is 16.4. The molecule has 2 unspecified atom stereocenters. The molecule has 0 aliphatic heterocycles. The van der Waals surface area contributed by atoms with Crippen LogP contribution >= 0.6 is 11.6 Å². The Labute approximate surface area is 441 Å². The highest BCUT2D eigenvalue weighted by Crippen LogP contribution is 2.47. The van der Waals surface area contributed by atoms with Crippen molar-refractivity contribution in [2.24, 2.45) is 22.0 Å². The van der Waals surface area contributed by atoms with Gasteiger partial charge >= 0.3 is 0 Å². The van der Waals surface area contributed by atoms with Crippen LogP contribution in [0.2, 0.25) is 5.02 Å². The lowest BCUT2D eigenvalue weighted by Gasteiger charge is -2.38. The first-order valence-corrected chi connectivity index (χ1v) is 27.0. The number of rotatable bonds is 6. The SMILES string of the molecule is CC1(C)CCc2ccoc2C1=O.CC1(C)CCc2ccoc2C1N.CN(C)S(=O)(=O)c1c(Cl)ccc(Nc2c(NC3c4occc4CCC3(C)C)c(=O)c2=O)c1O.O=C1CCCCC1=O.O=C1CCCc2ccoc21. The smallest absolute Gasteiger partial charge is 0.253 e. The van der Waals surface area contributed by atoms with Crippen molar-refractivity contribution in [3.8, 4) is 5.75 Å². The molecule has 0 saturated heterocycles. The first kappa shape index (κ1) is 56.4. The predicted molar refractivity (Wildman–Crippen MR) is 283 cm³/mol. The van der Waals surface area contributed by atoms with Gasteiger partial charge in [0, 0.05) is 49.9 Å². The van der Waals surface area contributed by atoms with Gasteiger partial charge in [0.05, 0.1) is 47.8 Å². The van der Waals surface area contributed by atoms with E-state index in [1.165, 1.54) is 31.8 Å². The largest absolute Gasteiger partial charge is 0.504 e. The van der Waals surface area contributed by atoms with Gasteiger partial charge in [-0.15, -0.1) is 0 Å². The number of halogens is 1. The number of ketones is 4. The number of Topliss-reactive ketones (excluding diaryl/α,β-unsaturated/α-hetero) is 4. The molecular formula is C56H67ClN4O13S. The lowest BCUT2D eigenvalue weighted by Crippen LogP contribution is -2.41. The minimum Gasteiger partial charge on any atom is -0.504 e. The zero-order valence-electron chi connectivity index (χ0n) is 43.8. The van der Waals surface area contributed by atoms with Gasteiger partial charge < -0.3 is 39.1 Å². The molecule has 6 aromatic rings. The second kappa shape index (κ2) is 22.5. The zero-order chi connectivity index (χ0) is 54.8. The summed E-state index contributed by atoms with van der Waals surface area (Å²) in [7, 11) is -1.46. The summed E-state index contributed by atoms with van der Waals surface area (Å²) in [6.45, 7) is 12.4. The Morgan fingerprint density at radius 3 is 1.72 bits per heavy atom. The van der Waals surface area contributed by atoms with E-state index in [9.17, 15) is 42.3 Å². The van der Waals surface area contributed by atoms with Gasteiger partial charge in [-0.2, -0.15) is 0 Å². The third-order valence-corrected chi connectivity index (χ3v) is 17.2. The van der Waals surface area contributed by atoms with Crippen molar-refractivity contribution < 1.29 is 50.4 Å². The van der Waals surface area contributed by atoms with Gasteiger partial charge in [0.15, 0.2) is 34.6 Å². The summed E-state index contributed by atoms with van der Waals surface area (Å²) in [5.41, 5.74) is 8.66. The molecule has 0 spiro atoms. The zero-order valence-corrected chi connectivity index (χ0v) is 45.3. The van der Waals surface area contributed by atoms with E-state index in [4.69, 9.17) is 35.0 Å². The Hall–Kier alpha value is -6.34. The lowest BCUT2D eigenvalue weighted by molar-refractivity contribution is -0.137. The van der Waals surface area contributed by atoms with Crippen LogP contribution in [0.3, 0.4) is 0 Å². The number of carbonyl (C=O) groups excluding carboxylic acids is 4. The van der Waals surface area contributed by atoms with E-state index in [0.29, 0.717) is 36.5 Å². The van der Waals surface area contributed by atoms with Crippen LogP contribution in [0.5, 0.6) is 5.75 Å². The van der Waals surface area contributed by atoms with Gasteiger partial charge in [-0.3, -0.25) is 28.8 Å². The number of fused-ring (bicyclic) bond motifs is 4. The summed E-state index contributed by atoms with van der Waals surface area (Å²) >= 11 is 6.04. The predicted octanol–water partition coefficient (Wildman–Crippen LogP) is 10.5. The Kier molecular flexibility index (Phi) is 16.9. The third-order valence-electron chi connectivity index (χ3n) is 14.9. The number of hydrogen-bond donors (Lipinski definition) is 4. The second-order valence-corrected chi connectivity index (χ2v) is 24.3. The highest BCUT2D eigenvalue weighted by molar-refractivity contribution is 7.89. The van der Waals surface area contributed by atoms with Gasteiger partial charge in [0.2, 0.25) is 15.8 Å². The van der Waals surface area contributed by atoms with Crippen LogP contribution in [0.25, 0.3) is 0 Å². The first-order chi connectivity index (χ1) is 35.3. The standard InChI is InChI=1S/C22H24ClN3O6S.C10H15NO.C10H12O2.C8H8O2.C6H8O2/c1-22(2)9-7-11-8-10-32-19(11)21(22)25-15-14(17(28)18(15)29)24-13-6-5-12(23)20(16(13)27)33(30,31)26(3)4;2*1-10(2)5-3-7-4-6-12-8(7)9(10)11;9-7-3-1-2-6-4-5-10-8(6)7;7-5-3-1-2-4-6(5)8/h5-6,8,10,21,24-25,27H,7,9H2,1-4H3;4,6,9H,3,5,11H2,1-2H3;4,6H,3,5H2,1-2H3;4-5H,1-3H2;1-4H2. The average Bonchev–Trinajstić information content (AvgIpc) is 4.22. The molecule has 0 radical (unpaired) electrons. The van der Waals surface area contributed by atoms with Crippen molar-refractivity contribution in [1.29, 1.82) is 0 Å². The molecular weight excluding hydrogens is 1000 g/mol. The van der Waals surface area contributed by atoms with Crippen molar-refractivity contribution in [3.05, 3.63) is 132 Å². The number of anilines is 3. The van der Waals surface area contributed by atoms with E-state index < -0.39 is 31.5 Å². The molecule has 1 fully saturated rings. The van der Waals surface area contributed by atoms with E-state index in [1.807, 2.05) is 52.0 Å². The second-order valence-electron chi connectivity index (χ2n) is 21.8. The highest BCUT2D eigenvalue weighted by Gasteiger charge is 2.41. The normalized spacial score (nSPS) is 20.0. The summed E-state index contributed by atoms with van der Waals surface area (Å²) in [6.07, 6.45) is 17.8. The maximum absolute atomic E-state index is 12.6. The van der Waals surface area contributed by atoms with Crippen LogP contribution in [0.15, 0.2) is 93.6 Å². The Morgan fingerprint density at radius 2 is 1.12 bits per heavy atom. The Balaban J connectivity index is 0.000000158. The molecule has 4 aromatic heterocycles. The molecule has 5 aliphatic carbocycles. The number of phenols is 1. The van der Waals surface area contributed by atoms with Crippen molar-refractivity contribution >= 4 is 61.8 Å². The number of furan rings is 4. The number of hydrogen-bond acceptors (Lipinski definition) is 16. The molecule has 5 aliphatic rings. The first-order valence-electron chi connectivity index (χ1n) is 25.2. The number of nitrogens with two attached hydrogens (primary N) is 1. The number of phenolic OH excluding ortho intramolecular Hbond substituents is 1. The number of nitrogens with one attached hydrogen (secondary N) is 2. The van der Waals surface area contributed by atoms with Crippen LogP contribution in [0, 0.1) is 16.2 Å². The van der Waals surface area contributed by atoms with Gasteiger partial charge in [0.1, 0.15) is 27.8 Å². The van der Waals surface area contributed by atoms with Crippen molar-refractivity contribution in [2.45, 2.75) is 142 Å². The van der Waals surface area contributed by atoms with E-state index in [-0.39, 0.29) is 73.5 Å². The molecule has 4 heterocycles. The van der Waals surface area contributed by atoms with Crippen LogP contribution in [0.4, 0.5) is 17.1 Å². The van der Waals surface area contributed by atoms with Crippen molar-refractivity contribution in [3.63, 3.8) is 0 Å². The minimum atomic E-state index is -4.07. The molecule has 19 heteroatoms. The number of aryl methyl sites for hydroxylation is 4. The summed E-state index contributed by atoms with van der Waals surface area (Å²) in [5.74, 6) is 2.18. The molecule has 17 nitrogen and oxygen atoms in total. The fourth-order valence-corrected chi connectivity index (χ4v) is 11.1. The maximum Gasteiger partial charge on any atom is 0.253 e. The fraction of sp³-hybridized carbons (Fsp3) is 0.464. The number of benzene rings is 1. The molecule has 0 amide bonds. The van der Waals surface area contributed by atoms with Crippen molar-refractivity contribution in [1.82, 2.24) is 4.31 Å². The average molecular weight is 1070 g/mol. The van der Waals surface area contributed by atoms with Crippen LogP contribution in [-0.2, 0) is 45.3 Å². The monoisotopic (exact) mass is 1070 g/mol. The number of sulfonamides is 1. The van der Waals surface area contributed by atoms with Crippen molar-refractivity contribution in [2.75, 3.05) is 24.7 Å². The van der Waals surface area contributed by atoms with Crippen LogP contribution in [0.1, 0.15) is 166 Å².